The second-order valence-corrected chi connectivity index (χ2v) is 2.96. The van der Waals surface area contributed by atoms with Crippen LogP contribution in [0.25, 0.3) is 0 Å². The summed E-state index contributed by atoms with van der Waals surface area (Å²) in [6.07, 6.45) is -6.77. The lowest BCUT2D eigenvalue weighted by Crippen LogP contribution is -2.43. The summed E-state index contributed by atoms with van der Waals surface area (Å²) in [7, 11) is 0. The quantitative estimate of drug-likeness (QED) is 0.265. The fourth-order valence-electron chi connectivity index (χ4n) is 0.849. The van der Waals surface area contributed by atoms with E-state index in [0.717, 1.165) is 0 Å². The van der Waals surface area contributed by atoms with Gasteiger partial charge in [0.2, 0.25) is 5.91 Å². The molecule has 4 atom stereocenters. The molecule has 7 heteroatoms. The third-order valence-corrected chi connectivity index (χ3v) is 1.77. The number of aliphatic hydroxyl groups excluding tert-OH is 5. The molecule has 0 radical (unpaired) electrons. The van der Waals surface area contributed by atoms with Gasteiger partial charge in [0.1, 0.15) is 18.3 Å². The highest BCUT2D eigenvalue weighted by molar-refractivity contribution is 5.78. The van der Waals surface area contributed by atoms with Crippen LogP contribution in [0.1, 0.15) is 6.42 Å². The molecule has 0 aliphatic carbocycles. The average molecular weight is 209 g/mol. The second-order valence-electron chi connectivity index (χ2n) is 2.96. The lowest BCUT2D eigenvalue weighted by molar-refractivity contribution is -0.131. The summed E-state index contributed by atoms with van der Waals surface area (Å²) < 4.78 is 0. The summed E-state index contributed by atoms with van der Waals surface area (Å²) in [6.45, 7) is -0.731. The molecule has 7 N–H and O–H groups in total. The van der Waals surface area contributed by atoms with Gasteiger partial charge in [-0.15, -0.1) is 0 Å². The molecule has 0 saturated heterocycles. The first-order chi connectivity index (χ1) is 6.40. The molecule has 0 spiro atoms. The van der Waals surface area contributed by atoms with Gasteiger partial charge in [0.05, 0.1) is 12.7 Å². The van der Waals surface area contributed by atoms with E-state index in [1.807, 2.05) is 0 Å². The Morgan fingerprint density at radius 2 is 1.64 bits per heavy atom. The Morgan fingerprint density at radius 3 is 2.00 bits per heavy atom. The minimum absolute atomic E-state index is 0.492. The fraction of sp³-hybridized carbons (Fsp3) is 0.857. The van der Waals surface area contributed by atoms with Gasteiger partial charge < -0.3 is 31.3 Å². The van der Waals surface area contributed by atoms with Crippen LogP contribution in [0.15, 0.2) is 0 Å². The van der Waals surface area contributed by atoms with E-state index in [0.29, 0.717) is 0 Å². The van der Waals surface area contributed by atoms with Crippen molar-refractivity contribution in [3.05, 3.63) is 0 Å². The van der Waals surface area contributed by atoms with Gasteiger partial charge >= 0.3 is 0 Å². The van der Waals surface area contributed by atoms with Gasteiger partial charge in [-0.05, 0) is 0 Å². The van der Waals surface area contributed by atoms with Gasteiger partial charge in [-0.1, -0.05) is 0 Å². The van der Waals surface area contributed by atoms with Crippen LogP contribution in [-0.4, -0.2) is 62.5 Å². The number of primary amides is 1. The van der Waals surface area contributed by atoms with Crippen LogP contribution < -0.4 is 5.73 Å². The summed E-state index contributed by atoms with van der Waals surface area (Å²) >= 11 is 0. The van der Waals surface area contributed by atoms with Gasteiger partial charge in [-0.25, -0.2) is 0 Å². The lowest BCUT2D eigenvalue weighted by Gasteiger charge is -2.22. The molecule has 0 bridgehead atoms. The molecule has 7 nitrogen and oxygen atoms in total. The Labute approximate surface area is 80.4 Å². The Kier molecular flexibility index (Phi) is 5.58. The first-order valence-corrected chi connectivity index (χ1v) is 4.02. The van der Waals surface area contributed by atoms with Crippen molar-refractivity contribution >= 4 is 5.91 Å². The Hall–Kier alpha value is -0.730. The lowest BCUT2D eigenvalue weighted by atomic mass is 10.0. The first-order valence-electron chi connectivity index (χ1n) is 4.02. The zero-order valence-corrected chi connectivity index (χ0v) is 7.45. The van der Waals surface area contributed by atoms with Gasteiger partial charge in [0.25, 0.3) is 0 Å². The van der Waals surface area contributed by atoms with Crippen LogP contribution in [-0.2, 0) is 4.79 Å². The van der Waals surface area contributed by atoms with Crippen LogP contribution in [0.2, 0.25) is 0 Å². The summed E-state index contributed by atoms with van der Waals surface area (Å²) in [5.41, 5.74) is 4.70. The van der Waals surface area contributed by atoms with Gasteiger partial charge in [-0.2, -0.15) is 0 Å². The number of hydrogen-bond donors (Lipinski definition) is 6. The Balaban J connectivity index is 4.06. The van der Waals surface area contributed by atoms with Crippen molar-refractivity contribution in [1.29, 1.82) is 0 Å². The van der Waals surface area contributed by atoms with E-state index in [1.54, 1.807) is 0 Å². The van der Waals surface area contributed by atoms with E-state index in [9.17, 15) is 4.79 Å². The second kappa shape index (κ2) is 5.89. The largest absolute Gasteiger partial charge is 0.394 e. The highest BCUT2D eigenvalue weighted by atomic mass is 16.4. The highest BCUT2D eigenvalue weighted by Crippen LogP contribution is 2.06. The number of nitrogens with two attached hydrogens (primary N) is 1. The number of aliphatic hydroxyl groups is 5. The fourth-order valence-corrected chi connectivity index (χ4v) is 0.849. The molecule has 0 aliphatic heterocycles. The Bertz CT molecular complexity index is 187. The maximum absolute atomic E-state index is 10.4. The maximum atomic E-state index is 10.4. The van der Waals surface area contributed by atoms with Gasteiger partial charge in [0, 0.05) is 6.42 Å². The number of hydrogen-bond acceptors (Lipinski definition) is 6. The topological polar surface area (TPSA) is 144 Å². The summed E-state index contributed by atoms with van der Waals surface area (Å²) in [6, 6.07) is 0. The van der Waals surface area contributed by atoms with Gasteiger partial charge in [0.15, 0.2) is 0 Å². The van der Waals surface area contributed by atoms with E-state index in [1.165, 1.54) is 0 Å². The smallest absolute Gasteiger partial charge is 0.246 e. The molecular weight excluding hydrogens is 194 g/mol. The summed E-state index contributed by atoms with van der Waals surface area (Å²) in [4.78, 5) is 10.4. The van der Waals surface area contributed by atoms with Crippen LogP contribution in [0, 0.1) is 0 Å². The van der Waals surface area contributed by atoms with Gasteiger partial charge in [-0.3, -0.25) is 4.79 Å². The Morgan fingerprint density at radius 1 is 1.14 bits per heavy atom. The predicted molar refractivity (Wildman–Crippen MR) is 44.9 cm³/mol. The minimum atomic E-state index is -1.63. The minimum Gasteiger partial charge on any atom is -0.394 e. The van der Waals surface area contributed by atoms with E-state index >= 15 is 0 Å². The number of rotatable bonds is 6. The normalized spacial score (nSPS) is 19.8. The third kappa shape index (κ3) is 3.99. The molecular formula is C7H15NO6. The maximum Gasteiger partial charge on any atom is 0.246 e. The highest BCUT2D eigenvalue weighted by Gasteiger charge is 2.27. The molecule has 0 aliphatic rings. The number of carbonyl (C=O) groups is 1. The SMILES string of the molecule is NC(=O)[C@H](O)C[C@@H](O)C(O)C(O)CO. The number of carbonyl (C=O) groups excluding carboxylic acids is 1. The molecule has 0 heterocycles. The molecule has 0 aromatic rings. The van der Waals surface area contributed by atoms with E-state index < -0.39 is 43.4 Å². The van der Waals surface area contributed by atoms with Crippen molar-refractivity contribution < 1.29 is 30.3 Å². The zero-order chi connectivity index (χ0) is 11.3. The van der Waals surface area contributed by atoms with Crippen LogP contribution in [0.5, 0.6) is 0 Å². The molecule has 2 unspecified atom stereocenters. The van der Waals surface area contributed by atoms with Crippen molar-refractivity contribution in [3.8, 4) is 0 Å². The summed E-state index contributed by atoms with van der Waals surface area (Å²) in [5, 5.41) is 44.5. The summed E-state index contributed by atoms with van der Waals surface area (Å²) in [5.74, 6) is -1.03. The van der Waals surface area contributed by atoms with Crippen LogP contribution in [0.3, 0.4) is 0 Å². The van der Waals surface area contributed by atoms with E-state index in [4.69, 9.17) is 31.3 Å². The average Bonchev–Trinajstić information content (AvgIpc) is 2.14. The van der Waals surface area contributed by atoms with Crippen LogP contribution in [0.4, 0.5) is 0 Å². The van der Waals surface area contributed by atoms with Crippen molar-refractivity contribution in [2.45, 2.75) is 30.8 Å². The molecule has 0 aromatic heterocycles. The van der Waals surface area contributed by atoms with E-state index in [-0.39, 0.29) is 0 Å². The van der Waals surface area contributed by atoms with E-state index in [2.05, 4.69) is 0 Å². The molecule has 84 valence electrons. The van der Waals surface area contributed by atoms with Crippen LogP contribution >= 0.6 is 0 Å². The van der Waals surface area contributed by atoms with Crippen molar-refractivity contribution in [2.75, 3.05) is 6.61 Å². The predicted octanol–water partition coefficient (Wildman–Crippen LogP) is -3.70. The number of amides is 1. The van der Waals surface area contributed by atoms with Crippen molar-refractivity contribution in [3.63, 3.8) is 0 Å². The zero-order valence-electron chi connectivity index (χ0n) is 7.45. The molecule has 0 rings (SSSR count). The first kappa shape index (κ1) is 13.3. The standard InChI is InChI=1S/C7H15NO6/c8-7(14)4(11)1-3(10)6(13)5(12)2-9/h3-6,9-13H,1-2H2,(H2,8,14)/t3-,4-,5?,6?/m1/s1. The van der Waals surface area contributed by atoms with Crippen molar-refractivity contribution in [2.24, 2.45) is 5.73 Å². The molecule has 0 saturated carbocycles. The van der Waals surface area contributed by atoms with Crippen molar-refractivity contribution in [1.82, 2.24) is 0 Å². The molecule has 0 fully saturated rings. The molecule has 14 heavy (non-hydrogen) atoms. The third-order valence-electron chi connectivity index (χ3n) is 1.77. The molecule has 0 aromatic carbocycles. The monoisotopic (exact) mass is 209 g/mol. The molecule has 1 amide bonds.